The molecule has 1 amide bonds. The van der Waals surface area contributed by atoms with Crippen molar-refractivity contribution in [2.24, 2.45) is 21.6 Å². The number of hydrogen-bond acceptors (Lipinski definition) is 6. The first-order chi connectivity index (χ1) is 15.5. The van der Waals surface area contributed by atoms with Gasteiger partial charge in [-0.2, -0.15) is 0 Å². The summed E-state index contributed by atoms with van der Waals surface area (Å²) in [6.07, 6.45) is 12.2. The van der Waals surface area contributed by atoms with Gasteiger partial charge in [-0.15, -0.1) is 0 Å². The number of nitrogens with two attached hydrogens (primary N) is 1. The number of allylic oxidation sites excluding steroid dienone is 3. The first-order valence-electron chi connectivity index (χ1n) is 10.5. The molecule has 7 heteroatoms. The number of nitrogens with zero attached hydrogens (tertiary/aromatic N) is 3. The van der Waals surface area contributed by atoms with Gasteiger partial charge in [-0.3, -0.25) is 14.8 Å². The number of carbonyl (C=O) groups excluding carboxylic acids is 1. The number of thioether (sulfide) groups is 1. The Kier molecular flexibility index (Phi) is 10.5. The molecule has 0 aromatic heterocycles. The number of anilines is 1. The van der Waals surface area contributed by atoms with E-state index in [0.717, 1.165) is 23.4 Å². The van der Waals surface area contributed by atoms with E-state index in [4.69, 9.17) is 10.5 Å². The lowest BCUT2D eigenvalue weighted by Gasteiger charge is -2.23. The molecule has 1 aliphatic rings. The number of rotatable bonds is 10. The number of benzene rings is 1. The molecule has 1 atom stereocenters. The Hall–Kier alpha value is -3.06. The first kappa shape index (κ1) is 25.2. The molecule has 0 saturated carbocycles. The molecule has 1 aromatic carbocycles. The molecule has 0 radical (unpaired) electrons. The van der Waals surface area contributed by atoms with Crippen LogP contribution in [0.4, 0.5) is 5.69 Å². The molecule has 1 aliphatic heterocycles. The molecule has 1 heterocycles. The van der Waals surface area contributed by atoms with Gasteiger partial charge in [-0.1, -0.05) is 35.6 Å². The Morgan fingerprint density at radius 1 is 1.34 bits per heavy atom. The van der Waals surface area contributed by atoms with Crippen LogP contribution in [-0.2, 0) is 4.79 Å². The highest BCUT2D eigenvalue weighted by atomic mass is 32.2. The summed E-state index contributed by atoms with van der Waals surface area (Å²) in [5.74, 6) is 0.883. The van der Waals surface area contributed by atoms with Crippen molar-refractivity contribution in [3.63, 3.8) is 0 Å². The van der Waals surface area contributed by atoms with E-state index in [1.165, 1.54) is 11.8 Å². The molecule has 1 unspecified atom stereocenters. The van der Waals surface area contributed by atoms with E-state index in [9.17, 15) is 4.79 Å². The summed E-state index contributed by atoms with van der Waals surface area (Å²) in [5.41, 5.74) is 10.3. The molecule has 2 rings (SSSR count). The zero-order valence-corrected chi connectivity index (χ0v) is 20.0. The monoisotopic (exact) mass is 452 g/mol. The minimum Gasteiger partial charge on any atom is -0.497 e. The van der Waals surface area contributed by atoms with Crippen molar-refractivity contribution in [3.8, 4) is 5.75 Å². The minimum atomic E-state index is -0.176. The zero-order chi connectivity index (χ0) is 23.3. The van der Waals surface area contributed by atoms with E-state index in [-0.39, 0.29) is 5.91 Å². The SMILES string of the molecule is C/C=C/C(N)=C(\S/C=N/CC1C=CN=CC1)C(=O)N(CC=C(C)C)c1ccc(OC)cc1. The summed E-state index contributed by atoms with van der Waals surface area (Å²) in [5, 5.41) is 0. The summed E-state index contributed by atoms with van der Waals surface area (Å²) >= 11 is 1.25. The normalized spacial score (nSPS) is 16.3. The van der Waals surface area contributed by atoms with Gasteiger partial charge >= 0.3 is 0 Å². The molecule has 32 heavy (non-hydrogen) atoms. The Morgan fingerprint density at radius 2 is 2.09 bits per heavy atom. The second-order valence-electron chi connectivity index (χ2n) is 7.44. The van der Waals surface area contributed by atoms with E-state index in [1.54, 1.807) is 29.8 Å². The maximum atomic E-state index is 13.6. The van der Waals surface area contributed by atoms with Crippen LogP contribution in [-0.4, -0.2) is 37.9 Å². The number of hydrogen-bond donors (Lipinski definition) is 1. The maximum Gasteiger partial charge on any atom is 0.267 e. The molecule has 0 bridgehead atoms. The van der Waals surface area contributed by atoms with Crippen molar-refractivity contribution in [2.75, 3.05) is 25.1 Å². The van der Waals surface area contributed by atoms with Crippen LogP contribution < -0.4 is 15.4 Å². The van der Waals surface area contributed by atoms with Crippen molar-refractivity contribution in [2.45, 2.75) is 27.2 Å². The van der Waals surface area contributed by atoms with Gasteiger partial charge in [0.2, 0.25) is 0 Å². The Morgan fingerprint density at radius 3 is 2.69 bits per heavy atom. The molecule has 0 saturated heterocycles. The van der Waals surface area contributed by atoms with Gasteiger partial charge in [0.25, 0.3) is 5.91 Å². The lowest BCUT2D eigenvalue weighted by Crippen LogP contribution is -2.33. The summed E-state index contributed by atoms with van der Waals surface area (Å²) < 4.78 is 5.25. The van der Waals surface area contributed by atoms with Crippen LogP contribution in [0, 0.1) is 5.92 Å². The highest BCUT2D eigenvalue weighted by Crippen LogP contribution is 2.26. The van der Waals surface area contributed by atoms with Gasteiger partial charge in [0.05, 0.1) is 18.4 Å². The first-order valence-corrected chi connectivity index (χ1v) is 11.4. The van der Waals surface area contributed by atoms with Crippen LogP contribution in [0.5, 0.6) is 5.75 Å². The second-order valence-corrected chi connectivity index (χ2v) is 8.29. The van der Waals surface area contributed by atoms with E-state index >= 15 is 0 Å². The Labute approximate surface area is 195 Å². The third-order valence-corrected chi connectivity index (χ3v) is 5.56. The fraction of sp³-hybridized carbons (Fsp3) is 0.320. The summed E-state index contributed by atoms with van der Waals surface area (Å²) in [6, 6.07) is 7.42. The average Bonchev–Trinajstić information content (AvgIpc) is 2.80. The van der Waals surface area contributed by atoms with Crippen molar-refractivity contribution in [3.05, 3.63) is 70.9 Å². The van der Waals surface area contributed by atoms with Gasteiger partial charge in [-0.05, 0) is 57.5 Å². The smallest absolute Gasteiger partial charge is 0.267 e. The molecular formula is C25H32N4O2S. The highest BCUT2D eigenvalue weighted by molar-refractivity contribution is 8.16. The van der Waals surface area contributed by atoms with Gasteiger partial charge in [0.15, 0.2) is 0 Å². The minimum absolute atomic E-state index is 0.176. The molecule has 0 fully saturated rings. The predicted molar refractivity (Wildman–Crippen MR) is 137 cm³/mol. The molecule has 0 aliphatic carbocycles. The summed E-state index contributed by atoms with van der Waals surface area (Å²) in [6.45, 7) is 6.96. The molecule has 6 nitrogen and oxygen atoms in total. The fourth-order valence-electron chi connectivity index (χ4n) is 2.87. The molecular weight excluding hydrogens is 420 g/mol. The maximum absolute atomic E-state index is 13.6. The zero-order valence-electron chi connectivity index (χ0n) is 19.2. The summed E-state index contributed by atoms with van der Waals surface area (Å²) in [7, 11) is 1.62. The molecule has 2 N–H and O–H groups in total. The third kappa shape index (κ3) is 7.89. The predicted octanol–water partition coefficient (Wildman–Crippen LogP) is 5.11. The van der Waals surface area contributed by atoms with Crippen LogP contribution in [0.3, 0.4) is 0 Å². The number of aliphatic imine (C=N–C) groups is 2. The van der Waals surface area contributed by atoms with Gasteiger partial charge in [-0.25, -0.2) is 0 Å². The molecule has 170 valence electrons. The largest absolute Gasteiger partial charge is 0.497 e. The summed E-state index contributed by atoms with van der Waals surface area (Å²) in [4.78, 5) is 24.3. The lowest BCUT2D eigenvalue weighted by molar-refractivity contribution is -0.114. The highest BCUT2D eigenvalue weighted by Gasteiger charge is 2.22. The van der Waals surface area contributed by atoms with Crippen LogP contribution in [0.25, 0.3) is 0 Å². The third-order valence-electron chi connectivity index (χ3n) is 4.66. The van der Waals surface area contributed by atoms with Crippen LogP contribution >= 0.6 is 11.8 Å². The van der Waals surface area contributed by atoms with E-state index in [0.29, 0.717) is 29.6 Å². The van der Waals surface area contributed by atoms with Gasteiger partial charge in [0, 0.05) is 37.1 Å². The van der Waals surface area contributed by atoms with Crippen molar-refractivity contribution in [1.29, 1.82) is 0 Å². The van der Waals surface area contributed by atoms with Crippen LogP contribution in [0.1, 0.15) is 27.2 Å². The van der Waals surface area contributed by atoms with E-state index < -0.39 is 0 Å². The number of carbonyl (C=O) groups is 1. The van der Waals surface area contributed by atoms with Crippen LogP contribution in [0.15, 0.2) is 80.9 Å². The topological polar surface area (TPSA) is 80.3 Å². The van der Waals surface area contributed by atoms with E-state index in [2.05, 4.69) is 9.98 Å². The number of ether oxygens (including phenoxy) is 1. The van der Waals surface area contributed by atoms with Gasteiger partial charge in [0.1, 0.15) is 10.7 Å². The number of amides is 1. The average molecular weight is 453 g/mol. The quantitative estimate of drug-likeness (QED) is 0.176. The number of methoxy groups -OCH3 is 1. The van der Waals surface area contributed by atoms with Gasteiger partial charge < -0.3 is 15.4 Å². The Balaban J connectivity index is 2.27. The fourth-order valence-corrected chi connectivity index (χ4v) is 3.55. The second kappa shape index (κ2) is 13.4. The van der Waals surface area contributed by atoms with E-state index in [1.807, 2.05) is 69.5 Å². The standard InChI is InChI=1S/C25H32N4O2S/c1-5-6-23(26)24(32-18-28-17-20-11-14-27-15-12-20)25(30)29(16-13-19(2)3)21-7-9-22(31-4)10-8-21/h5-11,13-15,18,20H,12,16-17,26H2,1-4H3/b6-5+,24-23+,28-18+. The Bertz CT molecular complexity index is 939. The lowest BCUT2D eigenvalue weighted by atomic mass is 10.1. The molecule has 0 spiro atoms. The molecule has 1 aromatic rings. The van der Waals surface area contributed by atoms with Crippen molar-refractivity contribution in [1.82, 2.24) is 0 Å². The van der Waals surface area contributed by atoms with Crippen molar-refractivity contribution >= 4 is 35.1 Å². The van der Waals surface area contributed by atoms with Crippen LogP contribution in [0.2, 0.25) is 0 Å². The van der Waals surface area contributed by atoms with Crippen molar-refractivity contribution < 1.29 is 9.53 Å².